The topological polar surface area (TPSA) is 68.2 Å². The molecular formula is C14H21NO5. The average molecular weight is 283 g/mol. The number of benzene rings is 1. The maximum atomic E-state index is 10.9. The second kappa shape index (κ2) is 8.39. The third kappa shape index (κ3) is 4.71. The molecule has 6 nitrogen and oxygen atoms in total. The predicted molar refractivity (Wildman–Crippen MR) is 74.3 cm³/mol. The molecule has 1 aromatic rings. The Balaban J connectivity index is 2.88. The van der Waals surface area contributed by atoms with Crippen molar-refractivity contribution >= 4 is 5.97 Å². The highest BCUT2D eigenvalue weighted by Crippen LogP contribution is 2.31. The van der Waals surface area contributed by atoms with Crippen LogP contribution in [0.1, 0.15) is 5.56 Å². The number of ether oxygens (including phenoxy) is 3. The number of carboxylic acid groups (broad SMARTS) is 1. The van der Waals surface area contributed by atoms with E-state index < -0.39 is 5.97 Å². The van der Waals surface area contributed by atoms with Crippen molar-refractivity contribution in [1.82, 2.24) is 4.90 Å². The number of para-hydroxylation sites is 1. The molecule has 1 rings (SSSR count). The smallest absolute Gasteiger partial charge is 0.317 e. The van der Waals surface area contributed by atoms with E-state index in [4.69, 9.17) is 19.3 Å². The molecule has 0 aliphatic heterocycles. The highest BCUT2D eigenvalue weighted by Gasteiger charge is 2.15. The van der Waals surface area contributed by atoms with E-state index >= 15 is 0 Å². The van der Waals surface area contributed by atoms with Crippen LogP contribution in [-0.2, 0) is 16.1 Å². The summed E-state index contributed by atoms with van der Waals surface area (Å²) in [6.07, 6.45) is 0. The fourth-order valence-electron chi connectivity index (χ4n) is 1.94. The number of nitrogens with zero attached hydrogens (tertiary/aromatic N) is 1. The van der Waals surface area contributed by atoms with Gasteiger partial charge in [0.25, 0.3) is 0 Å². The van der Waals surface area contributed by atoms with E-state index in [1.54, 1.807) is 32.3 Å². The minimum absolute atomic E-state index is 0.0519. The van der Waals surface area contributed by atoms with Gasteiger partial charge in [0, 0.05) is 25.8 Å². The van der Waals surface area contributed by atoms with E-state index in [1.165, 1.54) is 0 Å². The van der Waals surface area contributed by atoms with Crippen molar-refractivity contribution in [3.8, 4) is 11.5 Å². The van der Waals surface area contributed by atoms with Crippen LogP contribution < -0.4 is 9.47 Å². The molecule has 112 valence electrons. The van der Waals surface area contributed by atoms with Crippen LogP contribution in [0, 0.1) is 0 Å². The summed E-state index contributed by atoms with van der Waals surface area (Å²) < 4.78 is 15.6. The molecule has 0 atom stereocenters. The highest BCUT2D eigenvalue weighted by molar-refractivity contribution is 5.69. The van der Waals surface area contributed by atoms with E-state index in [-0.39, 0.29) is 6.54 Å². The van der Waals surface area contributed by atoms with Crippen LogP contribution >= 0.6 is 0 Å². The standard InChI is InChI=1S/C14H21NO5/c1-18-8-7-15(10-13(16)17)9-11-5-4-6-12(19-2)14(11)20-3/h4-6H,7-10H2,1-3H3,(H,16,17). The van der Waals surface area contributed by atoms with E-state index in [2.05, 4.69) is 0 Å². The van der Waals surface area contributed by atoms with E-state index in [0.29, 0.717) is 31.2 Å². The maximum Gasteiger partial charge on any atom is 0.317 e. The Morgan fingerprint density at radius 2 is 2.00 bits per heavy atom. The van der Waals surface area contributed by atoms with Gasteiger partial charge in [0.05, 0.1) is 27.4 Å². The molecule has 0 aromatic heterocycles. The van der Waals surface area contributed by atoms with Crippen LogP contribution in [0.25, 0.3) is 0 Å². The fourth-order valence-corrected chi connectivity index (χ4v) is 1.94. The Kier molecular flexibility index (Phi) is 6.83. The van der Waals surface area contributed by atoms with E-state index in [0.717, 1.165) is 5.56 Å². The Morgan fingerprint density at radius 1 is 1.25 bits per heavy atom. The molecule has 0 amide bonds. The van der Waals surface area contributed by atoms with Gasteiger partial charge in [0.2, 0.25) is 0 Å². The first-order chi connectivity index (χ1) is 9.62. The van der Waals surface area contributed by atoms with Crippen LogP contribution in [-0.4, -0.2) is 57.0 Å². The van der Waals surface area contributed by atoms with Gasteiger partial charge in [-0.25, -0.2) is 0 Å². The van der Waals surface area contributed by atoms with Crippen LogP contribution in [0.2, 0.25) is 0 Å². The van der Waals surface area contributed by atoms with Crippen molar-refractivity contribution in [3.05, 3.63) is 23.8 Å². The molecular weight excluding hydrogens is 262 g/mol. The second-order valence-electron chi connectivity index (χ2n) is 4.25. The van der Waals surface area contributed by atoms with Gasteiger partial charge in [-0.3, -0.25) is 9.69 Å². The molecule has 6 heteroatoms. The molecule has 0 fully saturated rings. The van der Waals surface area contributed by atoms with Gasteiger partial charge >= 0.3 is 5.97 Å². The summed E-state index contributed by atoms with van der Waals surface area (Å²) in [6.45, 7) is 1.41. The molecule has 1 N–H and O–H groups in total. The average Bonchev–Trinajstić information content (AvgIpc) is 2.43. The molecule has 0 spiro atoms. The van der Waals surface area contributed by atoms with Crippen molar-refractivity contribution in [2.45, 2.75) is 6.54 Å². The number of methoxy groups -OCH3 is 3. The zero-order valence-corrected chi connectivity index (χ0v) is 12.1. The van der Waals surface area contributed by atoms with Crippen molar-refractivity contribution in [2.24, 2.45) is 0 Å². The zero-order chi connectivity index (χ0) is 15.0. The summed E-state index contributed by atoms with van der Waals surface area (Å²) in [5, 5.41) is 8.95. The summed E-state index contributed by atoms with van der Waals surface area (Å²) >= 11 is 0. The number of hydrogen-bond donors (Lipinski definition) is 1. The van der Waals surface area contributed by atoms with Gasteiger partial charge < -0.3 is 19.3 Å². The molecule has 0 heterocycles. The first-order valence-corrected chi connectivity index (χ1v) is 6.25. The monoisotopic (exact) mass is 283 g/mol. The van der Waals surface area contributed by atoms with Crippen LogP contribution in [0.4, 0.5) is 0 Å². The number of carboxylic acids is 1. The normalized spacial score (nSPS) is 10.6. The lowest BCUT2D eigenvalue weighted by molar-refractivity contribution is -0.138. The zero-order valence-electron chi connectivity index (χ0n) is 12.1. The van der Waals surface area contributed by atoms with E-state index in [9.17, 15) is 4.79 Å². The van der Waals surface area contributed by atoms with Gasteiger partial charge in [-0.1, -0.05) is 12.1 Å². The molecule has 20 heavy (non-hydrogen) atoms. The first kappa shape index (κ1) is 16.3. The summed E-state index contributed by atoms with van der Waals surface area (Å²) in [5.41, 5.74) is 0.879. The van der Waals surface area contributed by atoms with Gasteiger partial charge in [0.15, 0.2) is 11.5 Å². The lowest BCUT2D eigenvalue weighted by Crippen LogP contribution is -2.32. The number of carbonyl (C=O) groups is 1. The molecule has 0 radical (unpaired) electrons. The van der Waals surface area contributed by atoms with Gasteiger partial charge in [-0.15, -0.1) is 0 Å². The third-order valence-electron chi connectivity index (χ3n) is 2.85. The third-order valence-corrected chi connectivity index (χ3v) is 2.85. The highest BCUT2D eigenvalue weighted by atomic mass is 16.5. The quantitative estimate of drug-likeness (QED) is 0.735. The summed E-state index contributed by atoms with van der Waals surface area (Å²) in [5.74, 6) is 0.387. The second-order valence-corrected chi connectivity index (χ2v) is 4.25. The van der Waals surface area contributed by atoms with Crippen molar-refractivity contribution in [2.75, 3.05) is 41.0 Å². The SMILES string of the molecule is COCCN(CC(=O)O)Cc1cccc(OC)c1OC. The van der Waals surface area contributed by atoms with Crippen molar-refractivity contribution < 1.29 is 24.1 Å². The molecule has 0 saturated heterocycles. The predicted octanol–water partition coefficient (Wildman–Crippen LogP) is 1.24. The lowest BCUT2D eigenvalue weighted by atomic mass is 10.1. The summed E-state index contributed by atoms with van der Waals surface area (Å²) in [4.78, 5) is 12.7. The van der Waals surface area contributed by atoms with Crippen molar-refractivity contribution in [3.63, 3.8) is 0 Å². The van der Waals surface area contributed by atoms with Crippen LogP contribution in [0.15, 0.2) is 18.2 Å². The number of aliphatic carboxylic acids is 1. The van der Waals surface area contributed by atoms with Crippen LogP contribution in [0.5, 0.6) is 11.5 Å². The number of hydrogen-bond acceptors (Lipinski definition) is 5. The van der Waals surface area contributed by atoms with Crippen LogP contribution in [0.3, 0.4) is 0 Å². The Hall–Kier alpha value is -1.79. The van der Waals surface area contributed by atoms with Gasteiger partial charge in [-0.05, 0) is 6.07 Å². The minimum atomic E-state index is -0.872. The first-order valence-electron chi connectivity index (χ1n) is 6.25. The van der Waals surface area contributed by atoms with Gasteiger partial charge in [0.1, 0.15) is 0 Å². The Labute approximate surface area is 118 Å². The molecule has 0 saturated carbocycles. The molecule has 1 aromatic carbocycles. The number of rotatable bonds is 9. The molecule has 0 aliphatic rings. The van der Waals surface area contributed by atoms with Gasteiger partial charge in [-0.2, -0.15) is 0 Å². The lowest BCUT2D eigenvalue weighted by Gasteiger charge is -2.21. The Bertz CT molecular complexity index is 436. The van der Waals surface area contributed by atoms with Crippen molar-refractivity contribution in [1.29, 1.82) is 0 Å². The summed E-state index contributed by atoms with van der Waals surface area (Å²) in [7, 11) is 4.73. The van der Waals surface area contributed by atoms with E-state index in [1.807, 2.05) is 12.1 Å². The molecule has 0 aliphatic carbocycles. The molecule has 0 bridgehead atoms. The fraction of sp³-hybridized carbons (Fsp3) is 0.500. The maximum absolute atomic E-state index is 10.9. The largest absolute Gasteiger partial charge is 0.493 e. The molecule has 0 unspecified atom stereocenters. The minimum Gasteiger partial charge on any atom is -0.493 e. The Morgan fingerprint density at radius 3 is 2.55 bits per heavy atom. The summed E-state index contributed by atoms with van der Waals surface area (Å²) in [6, 6.07) is 5.55.